The molecule has 2 rings (SSSR count). The molecule has 0 aliphatic heterocycles. The van der Waals surface area contributed by atoms with Crippen molar-refractivity contribution in [1.29, 1.82) is 0 Å². The topological polar surface area (TPSA) is 52.0 Å². The van der Waals surface area contributed by atoms with Crippen molar-refractivity contribution in [3.05, 3.63) is 40.6 Å². The number of aromatic nitrogens is 1. The van der Waals surface area contributed by atoms with Crippen LogP contribution < -0.4 is 5.73 Å². The highest BCUT2D eigenvalue weighted by Crippen LogP contribution is 2.29. The molecule has 0 radical (unpaired) electrons. The van der Waals surface area contributed by atoms with Crippen molar-refractivity contribution in [3.8, 4) is 11.3 Å². The second kappa shape index (κ2) is 5.57. The Morgan fingerprint density at radius 3 is 2.37 bits per heavy atom. The number of hydrogen-bond acceptors (Lipinski definition) is 3. The molecule has 0 aliphatic carbocycles. The minimum absolute atomic E-state index is 0.0580. The maximum atomic E-state index is 6.06. The third-order valence-corrected chi connectivity index (χ3v) is 3.43. The van der Waals surface area contributed by atoms with E-state index >= 15 is 0 Å². The number of aryl methyl sites for hydroxylation is 3. The van der Waals surface area contributed by atoms with Crippen molar-refractivity contribution in [3.63, 3.8) is 0 Å². The predicted molar refractivity (Wildman–Crippen MR) is 78.0 cm³/mol. The lowest BCUT2D eigenvalue weighted by atomic mass is 9.97. The normalized spacial score (nSPS) is 12.7. The number of nitrogens with two attached hydrogens (primary N) is 1. The van der Waals surface area contributed by atoms with E-state index < -0.39 is 0 Å². The molecule has 3 nitrogen and oxygen atoms in total. The van der Waals surface area contributed by atoms with Crippen molar-refractivity contribution in [1.82, 2.24) is 5.16 Å². The van der Waals surface area contributed by atoms with E-state index in [0.29, 0.717) is 0 Å². The first-order valence-corrected chi connectivity index (χ1v) is 6.83. The number of rotatable bonds is 4. The minimum Gasteiger partial charge on any atom is -0.359 e. The predicted octanol–water partition coefficient (Wildman–Crippen LogP) is 4.07. The molecule has 3 heteroatoms. The first kappa shape index (κ1) is 13.8. The molecule has 2 N–H and O–H groups in total. The fourth-order valence-corrected chi connectivity index (χ4v) is 2.62. The van der Waals surface area contributed by atoms with Gasteiger partial charge in [-0.05, 0) is 38.3 Å². The van der Waals surface area contributed by atoms with Gasteiger partial charge < -0.3 is 10.3 Å². The maximum absolute atomic E-state index is 6.06. The number of hydrogen-bond donors (Lipinski definition) is 1. The molecule has 0 amide bonds. The zero-order valence-electron chi connectivity index (χ0n) is 12.2. The molecule has 2 aromatic rings. The van der Waals surface area contributed by atoms with Gasteiger partial charge >= 0.3 is 0 Å². The van der Waals surface area contributed by atoms with Gasteiger partial charge in [0.25, 0.3) is 0 Å². The molecule has 102 valence electrons. The summed E-state index contributed by atoms with van der Waals surface area (Å²) in [6, 6.07) is 6.26. The smallest absolute Gasteiger partial charge is 0.154 e. The van der Waals surface area contributed by atoms with Gasteiger partial charge in [0.2, 0.25) is 0 Å². The van der Waals surface area contributed by atoms with Gasteiger partial charge in [-0.15, -0.1) is 0 Å². The Labute approximate surface area is 114 Å². The molecular weight excluding hydrogens is 236 g/mol. The van der Waals surface area contributed by atoms with Gasteiger partial charge in [0.15, 0.2) is 5.76 Å². The van der Waals surface area contributed by atoms with E-state index in [9.17, 15) is 0 Å². The summed E-state index contributed by atoms with van der Waals surface area (Å²) < 4.78 is 5.40. The van der Waals surface area contributed by atoms with Gasteiger partial charge in [0.05, 0.1) is 6.04 Å². The van der Waals surface area contributed by atoms with Gasteiger partial charge in [-0.3, -0.25) is 0 Å². The fourth-order valence-electron chi connectivity index (χ4n) is 2.62. The summed E-state index contributed by atoms with van der Waals surface area (Å²) in [6.07, 6.45) is 1.96. The summed E-state index contributed by atoms with van der Waals surface area (Å²) >= 11 is 0. The first-order chi connectivity index (χ1) is 9.02. The Kier molecular flexibility index (Phi) is 4.05. The molecular formula is C16H22N2O. The largest absolute Gasteiger partial charge is 0.359 e. The van der Waals surface area contributed by atoms with Gasteiger partial charge in [-0.2, -0.15) is 0 Å². The zero-order chi connectivity index (χ0) is 14.0. The second-order valence-corrected chi connectivity index (χ2v) is 5.28. The van der Waals surface area contributed by atoms with Gasteiger partial charge in [0.1, 0.15) is 5.69 Å². The van der Waals surface area contributed by atoms with Crippen LogP contribution >= 0.6 is 0 Å². The lowest BCUT2D eigenvalue weighted by Crippen LogP contribution is -2.08. The average molecular weight is 258 g/mol. The van der Waals surface area contributed by atoms with E-state index in [1.807, 2.05) is 6.07 Å². The van der Waals surface area contributed by atoms with Crippen LogP contribution in [0.25, 0.3) is 11.3 Å². The van der Waals surface area contributed by atoms with Crippen molar-refractivity contribution >= 4 is 0 Å². The number of nitrogens with zero attached hydrogens (tertiary/aromatic N) is 1. The molecule has 19 heavy (non-hydrogen) atoms. The summed E-state index contributed by atoms with van der Waals surface area (Å²) in [6.45, 7) is 8.44. The summed E-state index contributed by atoms with van der Waals surface area (Å²) in [5.74, 6) is 0.774. The Balaban J connectivity index is 2.38. The second-order valence-electron chi connectivity index (χ2n) is 5.28. The summed E-state index contributed by atoms with van der Waals surface area (Å²) in [5, 5.41) is 4.19. The van der Waals surface area contributed by atoms with Gasteiger partial charge in [0, 0.05) is 11.6 Å². The molecule has 0 fully saturated rings. The summed E-state index contributed by atoms with van der Waals surface area (Å²) in [5.41, 5.74) is 11.8. The monoisotopic (exact) mass is 258 g/mol. The van der Waals surface area contributed by atoms with E-state index in [1.165, 1.54) is 16.7 Å². The van der Waals surface area contributed by atoms with Crippen LogP contribution in [-0.4, -0.2) is 5.16 Å². The van der Waals surface area contributed by atoms with Gasteiger partial charge in [-0.25, -0.2) is 0 Å². The van der Waals surface area contributed by atoms with E-state index in [2.05, 4.69) is 45.0 Å². The van der Waals surface area contributed by atoms with Crippen molar-refractivity contribution in [2.75, 3.05) is 0 Å². The molecule has 0 saturated carbocycles. The van der Waals surface area contributed by atoms with Crippen LogP contribution in [0.15, 0.2) is 22.7 Å². The first-order valence-electron chi connectivity index (χ1n) is 6.83. The molecule has 1 unspecified atom stereocenters. The van der Waals surface area contributed by atoms with Crippen LogP contribution in [0, 0.1) is 20.8 Å². The lowest BCUT2D eigenvalue weighted by molar-refractivity contribution is 0.356. The third kappa shape index (κ3) is 2.87. The van der Waals surface area contributed by atoms with Crippen LogP contribution in [0.4, 0.5) is 0 Å². The minimum atomic E-state index is -0.0580. The Hall–Kier alpha value is -1.61. The van der Waals surface area contributed by atoms with Crippen LogP contribution in [0.5, 0.6) is 0 Å². The van der Waals surface area contributed by atoms with E-state index in [-0.39, 0.29) is 6.04 Å². The zero-order valence-corrected chi connectivity index (χ0v) is 12.2. The molecule has 0 spiro atoms. The molecule has 0 aliphatic rings. The Morgan fingerprint density at radius 1 is 1.16 bits per heavy atom. The van der Waals surface area contributed by atoms with Crippen LogP contribution in [0.1, 0.15) is 48.3 Å². The molecule has 1 aromatic carbocycles. The number of benzene rings is 1. The SMILES string of the molecule is CCCC(N)c1cc(-c2c(C)cc(C)cc2C)no1. The van der Waals surface area contributed by atoms with Crippen LogP contribution in [0.2, 0.25) is 0 Å². The highest BCUT2D eigenvalue weighted by atomic mass is 16.5. The van der Waals surface area contributed by atoms with Crippen molar-refractivity contribution < 1.29 is 4.52 Å². The quantitative estimate of drug-likeness (QED) is 0.899. The van der Waals surface area contributed by atoms with E-state index in [0.717, 1.165) is 29.9 Å². The Bertz CT molecular complexity index is 549. The highest BCUT2D eigenvalue weighted by Gasteiger charge is 2.15. The highest BCUT2D eigenvalue weighted by molar-refractivity contribution is 5.68. The standard InChI is InChI=1S/C16H22N2O/c1-5-6-13(17)15-9-14(18-19-15)16-11(3)7-10(2)8-12(16)4/h7-9,13H,5-6,17H2,1-4H3. The molecule has 0 saturated heterocycles. The summed E-state index contributed by atoms with van der Waals surface area (Å²) in [4.78, 5) is 0. The van der Waals surface area contributed by atoms with E-state index in [1.54, 1.807) is 0 Å². The summed E-state index contributed by atoms with van der Waals surface area (Å²) in [7, 11) is 0. The van der Waals surface area contributed by atoms with Crippen LogP contribution in [-0.2, 0) is 0 Å². The van der Waals surface area contributed by atoms with E-state index in [4.69, 9.17) is 10.3 Å². The maximum Gasteiger partial charge on any atom is 0.154 e. The Morgan fingerprint density at radius 2 is 1.79 bits per heavy atom. The van der Waals surface area contributed by atoms with Crippen molar-refractivity contribution in [2.45, 2.75) is 46.6 Å². The lowest BCUT2D eigenvalue weighted by Gasteiger charge is -2.08. The third-order valence-electron chi connectivity index (χ3n) is 3.43. The molecule has 1 heterocycles. The van der Waals surface area contributed by atoms with Crippen LogP contribution in [0.3, 0.4) is 0 Å². The molecule has 1 aromatic heterocycles. The molecule has 1 atom stereocenters. The van der Waals surface area contributed by atoms with Gasteiger partial charge in [-0.1, -0.05) is 36.2 Å². The molecule has 0 bridgehead atoms. The van der Waals surface area contributed by atoms with Crippen molar-refractivity contribution in [2.24, 2.45) is 5.73 Å². The average Bonchev–Trinajstić information content (AvgIpc) is 2.77. The fraction of sp³-hybridized carbons (Fsp3) is 0.438.